The number of aliphatic imine (C=N–C) groups is 1. The van der Waals surface area contributed by atoms with E-state index in [1.165, 1.54) is 0 Å². The summed E-state index contributed by atoms with van der Waals surface area (Å²) in [4.78, 5) is 14.9. The molecule has 0 bridgehead atoms. The van der Waals surface area contributed by atoms with Crippen LogP contribution in [0.4, 0.5) is 0 Å². The highest BCUT2D eigenvalue weighted by atomic mass is 31.2. The quantitative estimate of drug-likeness (QED) is 0.191. The van der Waals surface area contributed by atoms with Crippen LogP contribution in [0.2, 0.25) is 0 Å². The fourth-order valence-electron chi connectivity index (χ4n) is 2.53. The van der Waals surface area contributed by atoms with Gasteiger partial charge in [0.05, 0.1) is 13.2 Å². The van der Waals surface area contributed by atoms with Crippen LogP contribution in [-0.4, -0.2) is 35.7 Å². The van der Waals surface area contributed by atoms with Crippen LogP contribution in [-0.2, 0) is 31.6 Å². The lowest BCUT2D eigenvalue weighted by Crippen LogP contribution is -2.30. The lowest BCUT2D eigenvalue weighted by atomic mass is 10.2. The number of carboxylic acids is 1. The molecule has 0 spiro atoms. The molecule has 0 heterocycles. The molecule has 0 saturated carbocycles. The summed E-state index contributed by atoms with van der Waals surface area (Å²) in [6.07, 6.45) is 0.574. The van der Waals surface area contributed by atoms with Gasteiger partial charge in [0, 0.05) is 6.54 Å². The highest BCUT2D eigenvalue weighted by Crippen LogP contribution is 2.49. The van der Waals surface area contributed by atoms with E-state index in [0.29, 0.717) is 6.42 Å². The summed E-state index contributed by atoms with van der Waals surface area (Å²) in [5, 5.41) is 8.79. The van der Waals surface area contributed by atoms with Gasteiger partial charge < -0.3 is 25.6 Å². The second kappa shape index (κ2) is 12.2. The number of aliphatic carboxylic acids is 1. The summed E-state index contributed by atoms with van der Waals surface area (Å²) in [7, 11) is -3.56. The Hall–Kier alpha value is -2.51. The largest absolute Gasteiger partial charge is 0.480 e. The molecular formula is C21H28N3O5P. The smallest absolute Gasteiger partial charge is 0.338 e. The van der Waals surface area contributed by atoms with Crippen LogP contribution in [0.1, 0.15) is 24.0 Å². The van der Waals surface area contributed by atoms with E-state index in [0.717, 1.165) is 11.1 Å². The van der Waals surface area contributed by atoms with Crippen molar-refractivity contribution >= 4 is 19.4 Å². The number of hydrogen-bond acceptors (Lipinski definition) is 6. The van der Waals surface area contributed by atoms with E-state index in [1.807, 2.05) is 60.7 Å². The SMILES string of the molecule is NC(CP(=O)(OCc1ccccc1)OCc1ccccc1)=NCCC[C@H](N)C(=O)O. The van der Waals surface area contributed by atoms with Gasteiger partial charge in [0.2, 0.25) is 0 Å². The molecule has 1 atom stereocenters. The Balaban J connectivity index is 1.97. The van der Waals surface area contributed by atoms with Gasteiger partial charge in [0.25, 0.3) is 0 Å². The number of nitrogens with two attached hydrogens (primary N) is 2. The topological polar surface area (TPSA) is 137 Å². The number of benzene rings is 2. The second-order valence-corrected chi connectivity index (χ2v) is 8.80. The first kappa shape index (κ1) is 23.8. The van der Waals surface area contributed by atoms with Crippen molar-refractivity contribution in [2.24, 2.45) is 16.5 Å². The molecule has 0 aliphatic carbocycles. The standard InChI is InChI=1S/C21H28N3O5P/c22-19(21(25)26)12-7-13-24-20(23)16-30(27,28-14-17-8-3-1-4-9-17)29-15-18-10-5-2-6-11-18/h1-6,8-11,19H,7,12-16,22H2,(H2,23,24)(H,25,26)/t19-/m0/s1. The van der Waals surface area contributed by atoms with Crippen LogP contribution in [0.25, 0.3) is 0 Å². The monoisotopic (exact) mass is 433 g/mol. The van der Waals surface area contributed by atoms with Crippen molar-refractivity contribution in [2.45, 2.75) is 32.1 Å². The van der Waals surface area contributed by atoms with Crippen LogP contribution in [0.5, 0.6) is 0 Å². The zero-order valence-electron chi connectivity index (χ0n) is 16.7. The summed E-state index contributed by atoms with van der Waals surface area (Å²) in [5.41, 5.74) is 13.1. The fraction of sp³-hybridized carbons (Fsp3) is 0.333. The predicted octanol–water partition coefficient (Wildman–Crippen LogP) is 3.16. The maximum Gasteiger partial charge on any atom is 0.338 e. The predicted molar refractivity (Wildman–Crippen MR) is 116 cm³/mol. The summed E-state index contributed by atoms with van der Waals surface area (Å²) in [6, 6.07) is 17.8. The van der Waals surface area contributed by atoms with Gasteiger partial charge in [-0.05, 0) is 24.0 Å². The summed E-state index contributed by atoms with van der Waals surface area (Å²) >= 11 is 0. The Morgan fingerprint density at radius 1 is 1.00 bits per heavy atom. The third kappa shape index (κ3) is 8.88. The number of rotatable bonds is 13. The minimum atomic E-state index is -3.56. The van der Waals surface area contributed by atoms with Gasteiger partial charge in [-0.2, -0.15) is 0 Å². The normalized spacial score (nSPS) is 13.2. The first-order valence-electron chi connectivity index (χ1n) is 9.61. The van der Waals surface area contributed by atoms with Crippen LogP contribution in [0.15, 0.2) is 65.7 Å². The van der Waals surface area contributed by atoms with Gasteiger partial charge in [-0.25, -0.2) is 0 Å². The molecule has 0 aromatic heterocycles. The van der Waals surface area contributed by atoms with Crippen molar-refractivity contribution in [1.29, 1.82) is 0 Å². The molecule has 2 aromatic carbocycles. The molecule has 5 N–H and O–H groups in total. The third-order valence-electron chi connectivity index (χ3n) is 4.20. The Bertz CT molecular complexity index is 814. The summed E-state index contributed by atoms with van der Waals surface area (Å²) < 4.78 is 24.6. The molecule has 0 radical (unpaired) electrons. The molecule has 0 aliphatic heterocycles. The van der Waals surface area contributed by atoms with Crippen molar-refractivity contribution in [2.75, 3.05) is 12.7 Å². The first-order chi connectivity index (χ1) is 14.4. The molecule has 9 heteroatoms. The molecule has 30 heavy (non-hydrogen) atoms. The van der Waals surface area contributed by atoms with Gasteiger partial charge in [0.15, 0.2) is 0 Å². The van der Waals surface area contributed by atoms with Crippen molar-refractivity contribution in [3.63, 3.8) is 0 Å². The Morgan fingerprint density at radius 2 is 1.50 bits per heavy atom. The van der Waals surface area contributed by atoms with E-state index >= 15 is 0 Å². The highest BCUT2D eigenvalue weighted by Gasteiger charge is 2.27. The molecular weight excluding hydrogens is 405 g/mol. The van der Waals surface area contributed by atoms with Crippen LogP contribution in [0.3, 0.4) is 0 Å². The number of carbonyl (C=O) groups is 1. The van der Waals surface area contributed by atoms with Crippen molar-refractivity contribution in [1.82, 2.24) is 0 Å². The minimum Gasteiger partial charge on any atom is -0.480 e. The Labute approximate surface area is 176 Å². The zero-order valence-corrected chi connectivity index (χ0v) is 17.6. The molecule has 8 nitrogen and oxygen atoms in total. The average Bonchev–Trinajstić information content (AvgIpc) is 2.75. The molecule has 2 rings (SSSR count). The van der Waals surface area contributed by atoms with Gasteiger partial charge in [-0.1, -0.05) is 60.7 Å². The number of nitrogens with zero attached hydrogens (tertiary/aromatic N) is 1. The highest BCUT2D eigenvalue weighted by molar-refractivity contribution is 7.54. The maximum absolute atomic E-state index is 13.3. The van der Waals surface area contributed by atoms with Gasteiger partial charge >= 0.3 is 13.6 Å². The van der Waals surface area contributed by atoms with Crippen molar-refractivity contribution in [3.05, 3.63) is 71.8 Å². The van der Waals surface area contributed by atoms with E-state index in [-0.39, 0.29) is 38.2 Å². The van der Waals surface area contributed by atoms with Crippen LogP contribution >= 0.6 is 7.60 Å². The number of hydrogen-bond donors (Lipinski definition) is 3. The number of carboxylic acid groups (broad SMARTS) is 1. The molecule has 0 unspecified atom stereocenters. The van der Waals surface area contributed by atoms with Gasteiger partial charge in [0.1, 0.15) is 18.0 Å². The van der Waals surface area contributed by atoms with Gasteiger partial charge in [-0.15, -0.1) is 0 Å². The average molecular weight is 433 g/mol. The third-order valence-corrected chi connectivity index (χ3v) is 5.96. The number of amidine groups is 1. The van der Waals surface area contributed by atoms with E-state index in [2.05, 4.69) is 4.99 Å². The van der Waals surface area contributed by atoms with Crippen molar-refractivity contribution < 1.29 is 23.5 Å². The van der Waals surface area contributed by atoms with E-state index in [9.17, 15) is 9.36 Å². The van der Waals surface area contributed by atoms with E-state index < -0.39 is 19.6 Å². The zero-order chi connectivity index (χ0) is 21.8. The molecule has 0 amide bonds. The molecule has 0 saturated heterocycles. The summed E-state index contributed by atoms with van der Waals surface area (Å²) in [6.45, 7) is 0.519. The lowest BCUT2D eigenvalue weighted by Gasteiger charge is -2.19. The minimum absolute atomic E-state index is 0.119. The first-order valence-corrected chi connectivity index (χ1v) is 11.3. The molecule has 162 valence electrons. The fourth-order valence-corrected chi connectivity index (χ4v) is 3.97. The second-order valence-electron chi connectivity index (χ2n) is 6.75. The lowest BCUT2D eigenvalue weighted by molar-refractivity contribution is -0.138. The van der Waals surface area contributed by atoms with E-state index in [1.54, 1.807) is 0 Å². The Morgan fingerprint density at radius 3 is 1.97 bits per heavy atom. The Kier molecular flexibility index (Phi) is 9.70. The van der Waals surface area contributed by atoms with Gasteiger partial charge in [-0.3, -0.25) is 14.4 Å². The van der Waals surface area contributed by atoms with Crippen LogP contribution in [0, 0.1) is 0 Å². The summed E-state index contributed by atoms with van der Waals surface area (Å²) in [5.74, 6) is -0.927. The molecule has 0 fully saturated rings. The maximum atomic E-state index is 13.3. The molecule has 0 aliphatic rings. The van der Waals surface area contributed by atoms with Crippen molar-refractivity contribution in [3.8, 4) is 0 Å². The molecule has 2 aromatic rings. The van der Waals surface area contributed by atoms with E-state index in [4.69, 9.17) is 25.6 Å². The van der Waals surface area contributed by atoms with Crippen LogP contribution < -0.4 is 11.5 Å².